The number of rotatable bonds is 7. The van der Waals surface area contributed by atoms with Crippen LogP contribution in [0.25, 0.3) is 22.3 Å². The van der Waals surface area contributed by atoms with Gasteiger partial charge in [-0.15, -0.1) is 0 Å². The molecule has 0 spiro atoms. The van der Waals surface area contributed by atoms with E-state index in [1.54, 1.807) is 4.68 Å². The summed E-state index contributed by atoms with van der Waals surface area (Å²) in [6.07, 6.45) is 2.16. The molecule has 186 valence electrons. The maximum atomic E-state index is 13.4. The SMILES string of the molecule is CCc1ccc(-c2cc(C(=O)NCCc3ccccc3)c3c(C)nn(C4CCS(=O)(=O)C4)c3n2)cc1. The molecule has 0 aliphatic carbocycles. The molecule has 1 aliphatic heterocycles. The number of sulfone groups is 1. The van der Waals surface area contributed by atoms with Crippen molar-refractivity contribution in [3.05, 3.63) is 83.0 Å². The van der Waals surface area contributed by atoms with E-state index in [1.807, 2.05) is 55.5 Å². The van der Waals surface area contributed by atoms with Gasteiger partial charge in [0.2, 0.25) is 0 Å². The van der Waals surface area contributed by atoms with E-state index in [0.717, 1.165) is 24.0 Å². The first-order valence-electron chi connectivity index (χ1n) is 12.4. The number of amides is 1. The molecule has 36 heavy (non-hydrogen) atoms. The summed E-state index contributed by atoms with van der Waals surface area (Å²) in [5, 5.41) is 8.41. The smallest absolute Gasteiger partial charge is 0.252 e. The Balaban J connectivity index is 1.55. The highest BCUT2D eigenvalue weighted by Crippen LogP contribution is 2.32. The Morgan fingerprint density at radius 1 is 1.08 bits per heavy atom. The molecule has 0 saturated carbocycles. The zero-order chi connectivity index (χ0) is 25.3. The highest BCUT2D eigenvalue weighted by Gasteiger charge is 2.32. The van der Waals surface area contributed by atoms with Crippen molar-refractivity contribution in [1.29, 1.82) is 0 Å². The first-order chi connectivity index (χ1) is 17.3. The van der Waals surface area contributed by atoms with E-state index in [0.29, 0.717) is 41.0 Å². The normalized spacial score (nSPS) is 16.9. The van der Waals surface area contributed by atoms with Gasteiger partial charge in [0.05, 0.1) is 39.9 Å². The fourth-order valence-corrected chi connectivity index (χ4v) is 6.53. The molecule has 1 saturated heterocycles. The molecule has 0 bridgehead atoms. The number of pyridine rings is 1. The van der Waals surface area contributed by atoms with Crippen molar-refractivity contribution in [2.75, 3.05) is 18.1 Å². The lowest BCUT2D eigenvalue weighted by atomic mass is 10.0. The third-order valence-electron chi connectivity index (χ3n) is 6.84. The quantitative estimate of drug-likeness (QED) is 0.407. The van der Waals surface area contributed by atoms with Crippen molar-refractivity contribution in [3.8, 4) is 11.3 Å². The second-order valence-corrected chi connectivity index (χ2v) is 11.6. The Bertz CT molecular complexity index is 1510. The number of nitrogens with zero attached hydrogens (tertiary/aromatic N) is 3. The number of aryl methyl sites for hydroxylation is 2. The van der Waals surface area contributed by atoms with E-state index < -0.39 is 9.84 Å². The van der Waals surface area contributed by atoms with Gasteiger partial charge in [0.25, 0.3) is 5.91 Å². The van der Waals surface area contributed by atoms with Crippen LogP contribution in [0.4, 0.5) is 0 Å². The topological polar surface area (TPSA) is 94.0 Å². The molecule has 8 heteroatoms. The Hall–Kier alpha value is -3.52. The molecule has 4 aromatic rings. The van der Waals surface area contributed by atoms with Crippen LogP contribution in [-0.4, -0.2) is 47.1 Å². The molecule has 5 rings (SSSR count). The predicted octanol–water partition coefficient (Wildman–Crippen LogP) is 4.30. The standard InChI is InChI=1S/C28H30N4O3S/c1-3-20-9-11-22(12-10-20)25-17-24(28(33)29-15-13-21-7-5-4-6-8-21)26-19(2)31-32(27(26)30-25)23-14-16-36(34,35)18-23/h4-12,17,23H,3,13-16,18H2,1-2H3,(H,29,33). The highest BCUT2D eigenvalue weighted by molar-refractivity contribution is 7.91. The van der Waals surface area contributed by atoms with Crippen LogP contribution in [0.15, 0.2) is 60.7 Å². The fourth-order valence-electron chi connectivity index (χ4n) is 4.83. The van der Waals surface area contributed by atoms with Crippen LogP contribution < -0.4 is 5.32 Å². The summed E-state index contributed by atoms with van der Waals surface area (Å²) in [4.78, 5) is 18.4. The molecule has 1 N–H and O–H groups in total. The summed E-state index contributed by atoms with van der Waals surface area (Å²) in [6, 6.07) is 19.7. The second kappa shape index (κ2) is 9.85. The average molecular weight is 503 g/mol. The number of aromatic nitrogens is 3. The Morgan fingerprint density at radius 3 is 2.50 bits per heavy atom. The zero-order valence-corrected chi connectivity index (χ0v) is 21.4. The van der Waals surface area contributed by atoms with Crippen molar-refractivity contribution in [2.24, 2.45) is 0 Å². The van der Waals surface area contributed by atoms with E-state index in [4.69, 9.17) is 4.98 Å². The number of carbonyl (C=O) groups is 1. The minimum absolute atomic E-state index is 0.0406. The van der Waals surface area contributed by atoms with Crippen LogP contribution in [0, 0.1) is 6.92 Å². The van der Waals surface area contributed by atoms with Gasteiger partial charge in [-0.2, -0.15) is 5.10 Å². The molecule has 1 aliphatic rings. The van der Waals surface area contributed by atoms with Crippen LogP contribution in [0.3, 0.4) is 0 Å². The Morgan fingerprint density at radius 2 is 1.83 bits per heavy atom. The van der Waals surface area contributed by atoms with Crippen molar-refractivity contribution < 1.29 is 13.2 Å². The fraction of sp³-hybridized carbons (Fsp3) is 0.321. The number of fused-ring (bicyclic) bond motifs is 1. The van der Waals surface area contributed by atoms with Crippen LogP contribution in [0.1, 0.15) is 46.6 Å². The molecule has 0 radical (unpaired) electrons. The van der Waals surface area contributed by atoms with Crippen LogP contribution in [0.5, 0.6) is 0 Å². The number of hydrogen-bond donors (Lipinski definition) is 1. The van der Waals surface area contributed by atoms with E-state index >= 15 is 0 Å². The monoisotopic (exact) mass is 502 g/mol. The Kier molecular flexibility index (Phi) is 6.62. The number of benzene rings is 2. The van der Waals surface area contributed by atoms with Crippen molar-refractivity contribution >= 4 is 26.8 Å². The summed E-state index contributed by atoms with van der Waals surface area (Å²) in [7, 11) is -3.11. The lowest BCUT2D eigenvalue weighted by Gasteiger charge is -2.13. The predicted molar refractivity (Wildman–Crippen MR) is 142 cm³/mol. The summed E-state index contributed by atoms with van der Waals surface area (Å²) in [6.45, 7) is 4.45. The van der Waals surface area contributed by atoms with E-state index in [-0.39, 0.29) is 23.5 Å². The van der Waals surface area contributed by atoms with Gasteiger partial charge in [-0.1, -0.05) is 61.5 Å². The van der Waals surface area contributed by atoms with Crippen molar-refractivity contribution in [1.82, 2.24) is 20.1 Å². The van der Waals surface area contributed by atoms with Gasteiger partial charge in [-0.3, -0.25) is 4.79 Å². The number of carbonyl (C=O) groups excluding carboxylic acids is 1. The second-order valence-electron chi connectivity index (χ2n) is 9.38. The summed E-state index contributed by atoms with van der Waals surface area (Å²) in [5.74, 6) is -0.00593. The summed E-state index contributed by atoms with van der Waals surface area (Å²) >= 11 is 0. The maximum absolute atomic E-state index is 13.4. The van der Waals surface area contributed by atoms with Crippen LogP contribution in [0.2, 0.25) is 0 Å². The van der Waals surface area contributed by atoms with Gasteiger partial charge < -0.3 is 5.32 Å². The molecule has 7 nitrogen and oxygen atoms in total. The third kappa shape index (κ3) is 4.91. The van der Waals surface area contributed by atoms with Crippen molar-refractivity contribution in [2.45, 2.75) is 39.2 Å². The van der Waals surface area contributed by atoms with Gasteiger partial charge in [0.15, 0.2) is 15.5 Å². The molecule has 2 aromatic heterocycles. The Labute approximate surface area is 211 Å². The molecule has 1 atom stereocenters. The lowest BCUT2D eigenvalue weighted by Crippen LogP contribution is -2.26. The number of nitrogens with one attached hydrogen (secondary N) is 1. The molecule has 1 fully saturated rings. The largest absolute Gasteiger partial charge is 0.352 e. The summed E-state index contributed by atoms with van der Waals surface area (Å²) in [5.41, 5.74) is 5.67. The van der Waals surface area contributed by atoms with E-state index in [9.17, 15) is 13.2 Å². The third-order valence-corrected chi connectivity index (χ3v) is 8.59. The van der Waals surface area contributed by atoms with Gasteiger partial charge >= 0.3 is 0 Å². The minimum atomic E-state index is -3.11. The van der Waals surface area contributed by atoms with Crippen LogP contribution >= 0.6 is 0 Å². The summed E-state index contributed by atoms with van der Waals surface area (Å²) < 4.78 is 26.1. The zero-order valence-electron chi connectivity index (χ0n) is 20.6. The van der Waals surface area contributed by atoms with Gasteiger partial charge in [0, 0.05) is 12.1 Å². The van der Waals surface area contributed by atoms with E-state index in [1.165, 1.54) is 5.56 Å². The number of hydrogen-bond acceptors (Lipinski definition) is 5. The van der Waals surface area contributed by atoms with Gasteiger partial charge in [0.1, 0.15) is 0 Å². The molecule has 1 amide bonds. The van der Waals surface area contributed by atoms with Gasteiger partial charge in [-0.05, 0) is 43.4 Å². The molecule has 1 unspecified atom stereocenters. The van der Waals surface area contributed by atoms with Gasteiger partial charge in [-0.25, -0.2) is 18.1 Å². The van der Waals surface area contributed by atoms with Crippen molar-refractivity contribution in [3.63, 3.8) is 0 Å². The molecule has 2 aromatic carbocycles. The maximum Gasteiger partial charge on any atom is 0.252 e. The van der Waals surface area contributed by atoms with E-state index in [2.05, 4.69) is 29.5 Å². The molecule has 3 heterocycles. The minimum Gasteiger partial charge on any atom is -0.352 e. The lowest BCUT2D eigenvalue weighted by molar-refractivity contribution is 0.0955. The molecular formula is C28H30N4O3S. The van der Waals surface area contributed by atoms with Crippen LogP contribution in [-0.2, 0) is 22.7 Å². The molecular weight excluding hydrogens is 472 g/mol. The highest BCUT2D eigenvalue weighted by atomic mass is 32.2. The first-order valence-corrected chi connectivity index (χ1v) is 14.2. The first kappa shape index (κ1) is 24.2. The average Bonchev–Trinajstić information content (AvgIpc) is 3.42.